The molecule has 7 nitrogen and oxygen atoms in total. The molecule has 3 rings (SSSR count). The number of rotatable bonds is 5. The monoisotopic (exact) mass is 393 g/mol. The van der Waals surface area contributed by atoms with Gasteiger partial charge in [-0.05, 0) is 24.6 Å². The number of nitrogens with zero attached hydrogens (tertiary/aromatic N) is 3. The van der Waals surface area contributed by atoms with Crippen molar-refractivity contribution in [3.8, 4) is 0 Å². The second-order valence-corrected chi connectivity index (χ2v) is 7.63. The number of likely N-dealkylation sites (N-methyl/N-ethyl adjacent to an activating group) is 1. The van der Waals surface area contributed by atoms with Gasteiger partial charge in [-0.15, -0.1) is 11.3 Å². The largest absolute Gasteiger partial charge is 0.382 e. The minimum absolute atomic E-state index is 0.00694. The van der Waals surface area contributed by atoms with Crippen LogP contribution < -0.4 is 0 Å². The average Bonchev–Trinajstić information content (AvgIpc) is 3.28. The van der Waals surface area contributed by atoms with Crippen molar-refractivity contribution in [2.45, 2.75) is 25.5 Å². The molecule has 26 heavy (non-hydrogen) atoms. The maximum atomic E-state index is 12.7. The van der Waals surface area contributed by atoms with Gasteiger partial charge in [0.05, 0.1) is 20.2 Å². The fraction of sp³-hybridized carbons (Fsp3) is 0.294. The highest BCUT2D eigenvalue weighted by Crippen LogP contribution is 2.28. The molecular weight excluding hydrogens is 378 g/mol. The third-order valence-electron chi connectivity index (χ3n) is 4.29. The van der Waals surface area contributed by atoms with Crippen LogP contribution in [-0.2, 0) is 9.63 Å². The lowest BCUT2D eigenvalue weighted by Gasteiger charge is -2.26. The number of thiophene rings is 1. The molecule has 0 saturated carbocycles. The molecule has 1 aromatic heterocycles. The highest BCUT2D eigenvalue weighted by molar-refractivity contribution is 7.18. The second-order valence-electron chi connectivity index (χ2n) is 5.92. The fourth-order valence-electron chi connectivity index (χ4n) is 2.66. The molecule has 0 saturated heterocycles. The van der Waals surface area contributed by atoms with E-state index in [0.717, 1.165) is 4.88 Å². The van der Waals surface area contributed by atoms with Gasteiger partial charge in [0.2, 0.25) is 6.10 Å². The minimum atomic E-state index is -0.711. The number of hydrogen-bond acceptors (Lipinski definition) is 6. The predicted octanol–water partition coefficient (Wildman–Crippen LogP) is 4.02. The van der Waals surface area contributed by atoms with E-state index in [0.29, 0.717) is 22.0 Å². The molecule has 9 heteroatoms. The number of non-ortho nitro benzene ring substituents is 1. The molecule has 0 spiro atoms. The summed E-state index contributed by atoms with van der Waals surface area (Å²) in [6, 6.07) is 9.53. The van der Waals surface area contributed by atoms with Crippen molar-refractivity contribution >= 4 is 40.2 Å². The zero-order valence-electron chi connectivity index (χ0n) is 14.1. The Morgan fingerprint density at radius 3 is 2.88 bits per heavy atom. The summed E-state index contributed by atoms with van der Waals surface area (Å²) in [5.74, 6) is -0.231. The summed E-state index contributed by atoms with van der Waals surface area (Å²) in [5, 5.41) is 14.9. The van der Waals surface area contributed by atoms with E-state index in [1.165, 1.54) is 28.4 Å². The van der Waals surface area contributed by atoms with Crippen molar-refractivity contribution in [1.82, 2.24) is 4.90 Å². The average molecular weight is 394 g/mol. The first kappa shape index (κ1) is 18.3. The van der Waals surface area contributed by atoms with E-state index in [2.05, 4.69) is 5.16 Å². The van der Waals surface area contributed by atoms with E-state index in [1.807, 2.05) is 13.0 Å². The molecule has 0 N–H and O–H groups in total. The smallest absolute Gasteiger partial charge is 0.269 e. The van der Waals surface area contributed by atoms with Gasteiger partial charge in [0, 0.05) is 25.6 Å². The number of amides is 1. The molecule has 136 valence electrons. The van der Waals surface area contributed by atoms with Crippen LogP contribution >= 0.6 is 22.9 Å². The first-order valence-electron chi connectivity index (χ1n) is 7.86. The van der Waals surface area contributed by atoms with Crippen molar-refractivity contribution in [3.05, 3.63) is 61.3 Å². The Morgan fingerprint density at radius 1 is 1.46 bits per heavy atom. The van der Waals surface area contributed by atoms with Crippen LogP contribution in [0.4, 0.5) is 5.69 Å². The predicted molar refractivity (Wildman–Crippen MR) is 99.6 cm³/mol. The van der Waals surface area contributed by atoms with E-state index in [4.69, 9.17) is 16.4 Å². The van der Waals surface area contributed by atoms with Crippen molar-refractivity contribution in [2.75, 3.05) is 7.05 Å². The molecule has 1 aliphatic heterocycles. The minimum Gasteiger partial charge on any atom is -0.382 e. The van der Waals surface area contributed by atoms with Gasteiger partial charge >= 0.3 is 0 Å². The quantitative estimate of drug-likeness (QED) is 0.567. The Kier molecular flexibility index (Phi) is 5.24. The Labute approximate surface area is 159 Å². The summed E-state index contributed by atoms with van der Waals surface area (Å²) in [4.78, 5) is 30.9. The number of carbonyl (C=O) groups excluding carboxylic acids is 1. The van der Waals surface area contributed by atoms with E-state index in [9.17, 15) is 14.9 Å². The molecule has 0 radical (unpaired) electrons. The van der Waals surface area contributed by atoms with Gasteiger partial charge in [0.15, 0.2) is 0 Å². The second kappa shape index (κ2) is 7.43. The molecule has 0 aliphatic carbocycles. The molecule has 1 aromatic carbocycles. The maximum absolute atomic E-state index is 12.7. The lowest BCUT2D eigenvalue weighted by atomic mass is 10.0. The summed E-state index contributed by atoms with van der Waals surface area (Å²) in [6.07, 6.45) is -0.348. The summed E-state index contributed by atoms with van der Waals surface area (Å²) < 4.78 is 0.647. The van der Waals surface area contributed by atoms with Crippen molar-refractivity contribution in [2.24, 2.45) is 5.16 Å². The van der Waals surface area contributed by atoms with E-state index in [-0.39, 0.29) is 17.6 Å². The van der Waals surface area contributed by atoms with Crippen LogP contribution in [0.15, 0.2) is 41.6 Å². The summed E-state index contributed by atoms with van der Waals surface area (Å²) in [6.45, 7) is 1.81. The van der Waals surface area contributed by atoms with Crippen LogP contribution in [0.5, 0.6) is 0 Å². The van der Waals surface area contributed by atoms with Crippen molar-refractivity contribution in [1.29, 1.82) is 0 Å². The fourth-order valence-corrected chi connectivity index (χ4v) is 3.70. The Balaban J connectivity index is 1.68. The van der Waals surface area contributed by atoms with Crippen LogP contribution in [0.25, 0.3) is 0 Å². The number of nitro groups is 1. The van der Waals surface area contributed by atoms with Crippen molar-refractivity contribution in [3.63, 3.8) is 0 Å². The molecule has 1 aliphatic rings. The van der Waals surface area contributed by atoms with Crippen LogP contribution in [0, 0.1) is 10.1 Å². The standard InChI is InChI=1S/C17H16ClN3O4S/c1-10(11-4-3-5-12(8-11)21(23)24)20(2)17(22)14-9-13(19-25-14)15-6-7-16(18)26-15/h3-8,10,14H,9H2,1-2H3/t10-,14-/m0/s1. The van der Waals surface area contributed by atoms with Crippen LogP contribution in [0.2, 0.25) is 4.34 Å². The van der Waals surface area contributed by atoms with E-state index in [1.54, 1.807) is 25.2 Å². The summed E-state index contributed by atoms with van der Waals surface area (Å²) >= 11 is 7.31. The van der Waals surface area contributed by atoms with Crippen LogP contribution in [0.1, 0.15) is 29.8 Å². The van der Waals surface area contributed by atoms with Crippen LogP contribution in [-0.4, -0.2) is 34.6 Å². The molecule has 2 atom stereocenters. The highest BCUT2D eigenvalue weighted by atomic mass is 35.5. The molecule has 1 amide bonds. The lowest BCUT2D eigenvalue weighted by molar-refractivity contribution is -0.384. The summed E-state index contributed by atoms with van der Waals surface area (Å²) in [5.41, 5.74) is 1.36. The number of halogens is 1. The highest BCUT2D eigenvalue weighted by Gasteiger charge is 2.33. The third-order valence-corrected chi connectivity index (χ3v) is 5.57. The van der Waals surface area contributed by atoms with E-state index >= 15 is 0 Å². The molecule has 2 aromatic rings. The number of benzene rings is 1. The third kappa shape index (κ3) is 3.71. The Morgan fingerprint density at radius 2 is 2.23 bits per heavy atom. The number of nitro benzene ring substituents is 1. The zero-order chi connectivity index (χ0) is 18.8. The van der Waals surface area contributed by atoms with Gasteiger partial charge in [-0.1, -0.05) is 28.9 Å². The van der Waals surface area contributed by atoms with Gasteiger partial charge < -0.3 is 9.74 Å². The normalized spacial score (nSPS) is 17.3. The zero-order valence-corrected chi connectivity index (χ0v) is 15.7. The van der Waals surface area contributed by atoms with Crippen molar-refractivity contribution < 1.29 is 14.6 Å². The molecular formula is C17H16ClN3O4S. The first-order valence-corrected chi connectivity index (χ1v) is 9.05. The molecule has 0 unspecified atom stereocenters. The number of hydrogen-bond donors (Lipinski definition) is 0. The maximum Gasteiger partial charge on any atom is 0.269 e. The van der Waals surface area contributed by atoms with Gasteiger partial charge in [0.1, 0.15) is 5.71 Å². The Hall–Kier alpha value is -2.45. The first-order chi connectivity index (χ1) is 12.4. The van der Waals surface area contributed by atoms with Gasteiger partial charge in [-0.25, -0.2) is 0 Å². The Bertz CT molecular complexity index is 882. The van der Waals surface area contributed by atoms with Gasteiger partial charge in [-0.2, -0.15) is 0 Å². The SMILES string of the molecule is C[C@@H](c1cccc([N+](=O)[O-])c1)N(C)C(=O)[C@@H]1CC(c2ccc(Cl)s2)=NO1. The topological polar surface area (TPSA) is 85.0 Å². The number of oxime groups is 1. The number of carbonyl (C=O) groups is 1. The summed E-state index contributed by atoms with van der Waals surface area (Å²) in [7, 11) is 1.65. The van der Waals surface area contributed by atoms with Gasteiger partial charge in [-0.3, -0.25) is 14.9 Å². The van der Waals surface area contributed by atoms with Crippen LogP contribution in [0.3, 0.4) is 0 Å². The molecule has 0 bridgehead atoms. The molecule has 2 heterocycles. The van der Waals surface area contributed by atoms with E-state index < -0.39 is 11.0 Å². The van der Waals surface area contributed by atoms with Gasteiger partial charge in [0.25, 0.3) is 11.6 Å². The lowest BCUT2D eigenvalue weighted by Crippen LogP contribution is -2.38. The molecule has 0 fully saturated rings.